The highest BCUT2D eigenvalue weighted by Crippen LogP contribution is 2.24. The molecular weight excluding hydrogens is 352 g/mol. The van der Waals surface area contributed by atoms with Gasteiger partial charge in [0.1, 0.15) is 0 Å². The van der Waals surface area contributed by atoms with Gasteiger partial charge in [0.25, 0.3) is 5.91 Å². The van der Waals surface area contributed by atoms with Crippen molar-refractivity contribution in [2.75, 3.05) is 12.4 Å². The van der Waals surface area contributed by atoms with Crippen LogP contribution in [-0.4, -0.2) is 23.1 Å². The van der Waals surface area contributed by atoms with Crippen molar-refractivity contribution in [3.8, 4) is 11.4 Å². The van der Waals surface area contributed by atoms with Crippen LogP contribution in [0.3, 0.4) is 0 Å². The largest absolute Gasteiger partial charge is 0.375 e. The summed E-state index contributed by atoms with van der Waals surface area (Å²) in [5.74, 6) is 0.788. The molecule has 0 aliphatic heterocycles. The Kier molecular flexibility index (Phi) is 5.53. The molecule has 0 aliphatic rings. The summed E-state index contributed by atoms with van der Waals surface area (Å²) in [6.07, 6.45) is 0.984. The minimum absolute atomic E-state index is 0.180. The van der Waals surface area contributed by atoms with Gasteiger partial charge in [0.05, 0.1) is 17.3 Å². The summed E-state index contributed by atoms with van der Waals surface area (Å²) in [5.41, 5.74) is 3.29. The van der Waals surface area contributed by atoms with Crippen molar-refractivity contribution in [3.63, 3.8) is 0 Å². The molecule has 1 aromatic heterocycles. The molecule has 0 spiro atoms. The van der Waals surface area contributed by atoms with Crippen molar-refractivity contribution in [3.05, 3.63) is 64.5 Å². The van der Waals surface area contributed by atoms with E-state index in [4.69, 9.17) is 16.1 Å². The molecule has 1 heterocycles. The van der Waals surface area contributed by atoms with Crippen LogP contribution in [0, 0.1) is 0 Å². The SMILES string of the molecule is CCc1ccc(-c2noc(CNc3cc(C(=O)NC)ccc3Cl)n2)cc1. The van der Waals surface area contributed by atoms with Crippen molar-refractivity contribution in [2.45, 2.75) is 19.9 Å². The lowest BCUT2D eigenvalue weighted by atomic mass is 10.1. The molecular formula is C19H19ClN4O2. The van der Waals surface area contributed by atoms with Crippen molar-refractivity contribution < 1.29 is 9.32 Å². The smallest absolute Gasteiger partial charge is 0.251 e. The Labute approximate surface area is 156 Å². The average Bonchev–Trinajstić information content (AvgIpc) is 3.16. The standard InChI is InChI=1S/C19H19ClN4O2/c1-3-12-4-6-13(7-5-12)18-23-17(26-24-18)11-22-16-10-14(19(25)21-2)8-9-15(16)20/h4-10,22H,3,11H2,1-2H3,(H,21,25). The first-order chi connectivity index (χ1) is 12.6. The van der Waals surface area contributed by atoms with Crippen LogP contribution in [-0.2, 0) is 13.0 Å². The van der Waals surface area contributed by atoms with E-state index in [1.807, 2.05) is 24.3 Å². The van der Waals surface area contributed by atoms with E-state index in [-0.39, 0.29) is 5.91 Å². The van der Waals surface area contributed by atoms with Crippen molar-refractivity contribution in [2.24, 2.45) is 0 Å². The fourth-order valence-electron chi connectivity index (χ4n) is 2.45. The minimum Gasteiger partial charge on any atom is -0.375 e. The third kappa shape index (κ3) is 4.03. The Bertz CT molecular complexity index is 906. The fraction of sp³-hybridized carbons (Fsp3) is 0.211. The molecule has 3 aromatic rings. The maximum absolute atomic E-state index is 11.7. The first kappa shape index (κ1) is 17.9. The van der Waals surface area contributed by atoms with E-state index in [0.29, 0.717) is 34.5 Å². The normalized spacial score (nSPS) is 10.6. The molecule has 0 aliphatic carbocycles. The molecule has 6 nitrogen and oxygen atoms in total. The second-order valence-corrected chi connectivity index (χ2v) is 6.10. The van der Waals surface area contributed by atoms with E-state index in [2.05, 4.69) is 27.7 Å². The predicted molar refractivity (Wildman–Crippen MR) is 101 cm³/mol. The van der Waals surface area contributed by atoms with E-state index in [9.17, 15) is 4.79 Å². The molecule has 0 atom stereocenters. The number of benzene rings is 2. The Balaban J connectivity index is 1.71. The van der Waals surface area contributed by atoms with Gasteiger partial charge in [-0.15, -0.1) is 0 Å². The lowest BCUT2D eigenvalue weighted by molar-refractivity contribution is 0.0963. The molecule has 1 amide bonds. The van der Waals surface area contributed by atoms with Gasteiger partial charge in [0, 0.05) is 18.2 Å². The molecule has 134 valence electrons. The van der Waals surface area contributed by atoms with Crippen LogP contribution >= 0.6 is 11.6 Å². The number of carbonyl (C=O) groups excluding carboxylic acids is 1. The highest BCUT2D eigenvalue weighted by Gasteiger charge is 2.11. The Hall–Kier alpha value is -2.86. The summed E-state index contributed by atoms with van der Waals surface area (Å²) >= 11 is 6.18. The van der Waals surface area contributed by atoms with E-state index >= 15 is 0 Å². The van der Waals surface area contributed by atoms with E-state index in [1.165, 1.54) is 5.56 Å². The van der Waals surface area contributed by atoms with Crippen LogP contribution in [0.25, 0.3) is 11.4 Å². The van der Waals surface area contributed by atoms with E-state index < -0.39 is 0 Å². The second kappa shape index (κ2) is 8.01. The number of rotatable bonds is 6. The minimum atomic E-state index is -0.180. The molecule has 0 fully saturated rings. The van der Waals surface area contributed by atoms with E-state index in [1.54, 1.807) is 25.2 Å². The van der Waals surface area contributed by atoms with Gasteiger partial charge in [0.15, 0.2) is 0 Å². The molecule has 2 N–H and O–H groups in total. The number of carbonyl (C=O) groups is 1. The fourth-order valence-corrected chi connectivity index (χ4v) is 2.63. The number of anilines is 1. The number of aryl methyl sites for hydroxylation is 1. The molecule has 2 aromatic carbocycles. The molecule has 0 radical (unpaired) electrons. The average molecular weight is 371 g/mol. The van der Waals surface area contributed by atoms with Crippen LogP contribution in [0.2, 0.25) is 5.02 Å². The lowest BCUT2D eigenvalue weighted by Gasteiger charge is -2.08. The first-order valence-corrected chi connectivity index (χ1v) is 8.66. The molecule has 26 heavy (non-hydrogen) atoms. The van der Waals surface area contributed by atoms with Gasteiger partial charge < -0.3 is 15.2 Å². The van der Waals surface area contributed by atoms with Gasteiger partial charge in [0.2, 0.25) is 11.7 Å². The van der Waals surface area contributed by atoms with E-state index in [0.717, 1.165) is 12.0 Å². The molecule has 0 saturated heterocycles. The summed E-state index contributed by atoms with van der Waals surface area (Å²) < 4.78 is 5.29. The summed E-state index contributed by atoms with van der Waals surface area (Å²) in [7, 11) is 1.58. The molecule has 0 bridgehead atoms. The highest BCUT2D eigenvalue weighted by atomic mass is 35.5. The predicted octanol–water partition coefficient (Wildman–Crippen LogP) is 3.92. The van der Waals surface area contributed by atoms with Crippen LogP contribution in [0.4, 0.5) is 5.69 Å². The van der Waals surface area contributed by atoms with Crippen LogP contribution in [0.1, 0.15) is 28.7 Å². The zero-order chi connectivity index (χ0) is 18.5. The number of amides is 1. The number of halogens is 1. The quantitative estimate of drug-likeness (QED) is 0.687. The van der Waals surface area contributed by atoms with Crippen LogP contribution < -0.4 is 10.6 Å². The first-order valence-electron chi connectivity index (χ1n) is 8.28. The van der Waals surface area contributed by atoms with Crippen molar-refractivity contribution in [1.82, 2.24) is 15.5 Å². The van der Waals surface area contributed by atoms with Crippen molar-refractivity contribution >= 4 is 23.2 Å². The zero-order valence-electron chi connectivity index (χ0n) is 14.5. The molecule has 3 rings (SSSR count). The summed E-state index contributed by atoms with van der Waals surface area (Å²) in [5, 5.41) is 10.2. The second-order valence-electron chi connectivity index (χ2n) is 5.69. The topological polar surface area (TPSA) is 80.0 Å². The van der Waals surface area contributed by atoms with Gasteiger partial charge >= 0.3 is 0 Å². The number of aromatic nitrogens is 2. The third-order valence-corrected chi connectivity index (χ3v) is 4.30. The van der Waals surface area contributed by atoms with Gasteiger partial charge in [-0.1, -0.05) is 47.9 Å². The molecule has 0 unspecified atom stereocenters. The Morgan fingerprint density at radius 2 is 1.96 bits per heavy atom. The van der Waals surface area contributed by atoms with Gasteiger partial charge in [-0.3, -0.25) is 4.79 Å². The number of nitrogens with zero attached hydrogens (tertiary/aromatic N) is 2. The molecule has 7 heteroatoms. The maximum atomic E-state index is 11.7. The number of hydrogen-bond acceptors (Lipinski definition) is 5. The zero-order valence-corrected chi connectivity index (χ0v) is 15.3. The summed E-state index contributed by atoms with van der Waals surface area (Å²) in [4.78, 5) is 16.1. The number of nitrogens with one attached hydrogen (secondary N) is 2. The van der Waals surface area contributed by atoms with Crippen LogP contribution in [0.5, 0.6) is 0 Å². The Morgan fingerprint density at radius 1 is 1.19 bits per heavy atom. The van der Waals surface area contributed by atoms with Gasteiger partial charge in [-0.2, -0.15) is 4.98 Å². The lowest BCUT2D eigenvalue weighted by Crippen LogP contribution is -2.17. The molecule has 0 saturated carbocycles. The van der Waals surface area contributed by atoms with Crippen molar-refractivity contribution in [1.29, 1.82) is 0 Å². The maximum Gasteiger partial charge on any atom is 0.251 e. The third-order valence-electron chi connectivity index (χ3n) is 3.97. The van der Waals surface area contributed by atoms with Gasteiger partial charge in [-0.05, 0) is 30.2 Å². The van der Waals surface area contributed by atoms with Gasteiger partial charge in [-0.25, -0.2) is 0 Å². The van der Waals surface area contributed by atoms with Crippen LogP contribution in [0.15, 0.2) is 47.0 Å². The number of hydrogen-bond donors (Lipinski definition) is 2. The monoisotopic (exact) mass is 370 g/mol. The Morgan fingerprint density at radius 3 is 2.65 bits per heavy atom. The summed E-state index contributed by atoms with van der Waals surface area (Å²) in [6.45, 7) is 2.41. The highest BCUT2D eigenvalue weighted by molar-refractivity contribution is 6.33. The summed E-state index contributed by atoms with van der Waals surface area (Å²) in [6, 6.07) is 13.1.